The van der Waals surface area contributed by atoms with Crippen LogP contribution in [-0.4, -0.2) is 36.3 Å². The second-order valence-electron chi connectivity index (χ2n) is 8.51. The van der Waals surface area contributed by atoms with E-state index in [0.717, 1.165) is 28.1 Å². The fourth-order valence-electron chi connectivity index (χ4n) is 4.63. The van der Waals surface area contributed by atoms with Crippen molar-refractivity contribution in [3.63, 3.8) is 0 Å². The van der Waals surface area contributed by atoms with Crippen LogP contribution in [0.5, 0.6) is 0 Å². The van der Waals surface area contributed by atoms with E-state index in [1.54, 1.807) is 17.0 Å². The molecule has 34 heavy (non-hydrogen) atoms. The summed E-state index contributed by atoms with van der Waals surface area (Å²) in [7, 11) is 0. The summed E-state index contributed by atoms with van der Waals surface area (Å²) < 4.78 is 5.28. The van der Waals surface area contributed by atoms with Gasteiger partial charge in [-0.15, -0.1) is 0 Å². The number of fused-ring (bicyclic) bond motifs is 2. The predicted molar refractivity (Wildman–Crippen MR) is 126 cm³/mol. The van der Waals surface area contributed by atoms with Crippen LogP contribution < -0.4 is 9.80 Å². The molecule has 3 amide bonds. The molecule has 0 spiro atoms. The zero-order valence-electron chi connectivity index (χ0n) is 18.8. The van der Waals surface area contributed by atoms with Crippen LogP contribution in [-0.2, 0) is 16.0 Å². The van der Waals surface area contributed by atoms with Crippen LogP contribution in [0.15, 0.2) is 66.7 Å². The van der Waals surface area contributed by atoms with Crippen LogP contribution >= 0.6 is 0 Å². The van der Waals surface area contributed by atoms with Crippen molar-refractivity contribution >= 4 is 35.1 Å². The molecule has 0 bridgehead atoms. The topological polar surface area (TPSA) is 84.0 Å². The lowest BCUT2D eigenvalue weighted by atomic mass is 10.1. The van der Waals surface area contributed by atoms with Crippen molar-refractivity contribution in [2.75, 3.05) is 16.4 Å². The molecule has 0 N–H and O–H groups in total. The lowest BCUT2D eigenvalue weighted by Gasteiger charge is -2.22. The van der Waals surface area contributed by atoms with Crippen LogP contribution in [0.3, 0.4) is 0 Å². The first-order chi connectivity index (χ1) is 16.4. The number of nitrogens with zero attached hydrogens (tertiary/aromatic N) is 2. The Morgan fingerprint density at radius 1 is 0.912 bits per heavy atom. The summed E-state index contributed by atoms with van der Waals surface area (Å²) in [6.07, 6.45) is 0.744. The van der Waals surface area contributed by atoms with Gasteiger partial charge in [0.15, 0.2) is 6.61 Å². The smallest absolute Gasteiger partial charge is 0.338 e. The number of carbonyl (C=O) groups excluding carboxylic acids is 4. The number of carbonyl (C=O) groups is 4. The average molecular weight is 454 g/mol. The van der Waals surface area contributed by atoms with E-state index in [1.807, 2.05) is 50.2 Å². The summed E-state index contributed by atoms with van der Waals surface area (Å²) in [6, 6.07) is 19.0. The SMILES string of the molecule is Cc1ccccc1N1C(=O)c2ccc(C(=O)OCC(=O)N3c4ccccc4CC3C)cc2C1=O. The fourth-order valence-corrected chi connectivity index (χ4v) is 4.63. The molecule has 3 aromatic rings. The van der Waals surface area contributed by atoms with Gasteiger partial charge in [-0.2, -0.15) is 0 Å². The molecule has 2 aliphatic rings. The van der Waals surface area contributed by atoms with Crippen molar-refractivity contribution < 1.29 is 23.9 Å². The van der Waals surface area contributed by atoms with Crippen molar-refractivity contribution in [1.82, 2.24) is 0 Å². The summed E-state index contributed by atoms with van der Waals surface area (Å²) in [5.74, 6) is -1.98. The molecule has 0 saturated carbocycles. The van der Waals surface area contributed by atoms with Crippen molar-refractivity contribution in [2.24, 2.45) is 0 Å². The Hall–Kier alpha value is -4.26. The largest absolute Gasteiger partial charge is 0.452 e. The maximum Gasteiger partial charge on any atom is 0.338 e. The Kier molecular flexibility index (Phi) is 5.24. The van der Waals surface area contributed by atoms with E-state index in [4.69, 9.17) is 4.74 Å². The molecule has 0 radical (unpaired) electrons. The average Bonchev–Trinajstić information content (AvgIpc) is 3.30. The Bertz CT molecular complexity index is 1360. The number of aryl methyl sites for hydroxylation is 1. The van der Waals surface area contributed by atoms with Crippen LogP contribution in [0.1, 0.15) is 49.1 Å². The minimum Gasteiger partial charge on any atom is -0.452 e. The maximum atomic E-state index is 13.0. The monoisotopic (exact) mass is 454 g/mol. The number of amides is 3. The third-order valence-electron chi connectivity index (χ3n) is 6.28. The Balaban J connectivity index is 1.32. The van der Waals surface area contributed by atoms with Gasteiger partial charge in [-0.3, -0.25) is 14.4 Å². The third-order valence-corrected chi connectivity index (χ3v) is 6.28. The predicted octanol–water partition coefficient (Wildman–Crippen LogP) is 3.93. The molecule has 0 aromatic heterocycles. The molecule has 0 saturated heterocycles. The number of benzene rings is 3. The first kappa shape index (κ1) is 21.6. The highest BCUT2D eigenvalue weighted by Gasteiger charge is 2.38. The highest BCUT2D eigenvalue weighted by atomic mass is 16.5. The van der Waals surface area contributed by atoms with Gasteiger partial charge < -0.3 is 9.64 Å². The molecule has 7 heteroatoms. The van der Waals surface area contributed by atoms with Gasteiger partial charge in [0.1, 0.15) is 0 Å². The maximum absolute atomic E-state index is 13.0. The van der Waals surface area contributed by atoms with Crippen molar-refractivity contribution in [2.45, 2.75) is 26.3 Å². The first-order valence-electron chi connectivity index (χ1n) is 11.0. The van der Waals surface area contributed by atoms with Crippen molar-refractivity contribution in [3.8, 4) is 0 Å². The number of para-hydroxylation sites is 2. The van der Waals surface area contributed by atoms with Gasteiger partial charge in [-0.1, -0.05) is 36.4 Å². The molecule has 0 aliphatic carbocycles. The molecule has 1 atom stereocenters. The summed E-state index contributed by atoms with van der Waals surface area (Å²) in [5.41, 5.74) is 3.66. The van der Waals surface area contributed by atoms with Crippen LogP contribution in [0.25, 0.3) is 0 Å². The fraction of sp³-hybridized carbons (Fsp3) is 0.185. The summed E-state index contributed by atoms with van der Waals surface area (Å²) in [4.78, 5) is 54.1. The van der Waals surface area contributed by atoms with E-state index in [1.165, 1.54) is 18.2 Å². The molecule has 7 nitrogen and oxygen atoms in total. The summed E-state index contributed by atoms with van der Waals surface area (Å²) in [5, 5.41) is 0. The Morgan fingerprint density at radius 3 is 2.35 bits per heavy atom. The highest BCUT2D eigenvalue weighted by Crippen LogP contribution is 2.33. The Labute approximate surface area is 196 Å². The minimum absolute atomic E-state index is 0.0281. The van der Waals surface area contributed by atoms with Gasteiger partial charge in [0.25, 0.3) is 17.7 Å². The molecule has 2 aliphatic heterocycles. The van der Waals surface area contributed by atoms with Crippen LogP contribution in [0, 0.1) is 6.92 Å². The molecule has 0 fully saturated rings. The molecular weight excluding hydrogens is 432 g/mol. The highest BCUT2D eigenvalue weighted by molar-refractivity contribution is 6.35. The standard InChI is InChI=1S/C27H22N2O5/c1-16-7-3-5-9-22(16)29-25(31)20-12-11-19(14-21(20)26(29)32)27(33)34-15-24(30)28-17(2)13-18-8-4-6-10-23(18)28/h3-12,14,17H,13,15H2,1-2H3. The summed E-state index contributed by atoms with van der Waals surface area (Å²) >= 11 is 0. The number of esters is 1. The summed E-state index contributed by atoms with van der Waals surface area (Å²) in [6.45, 7) is 3.35. The third kappa shape index (κ3) is 3.46. The van der Waals surface area contributed by atoms with E-state index >= 15 is 0 Å². The van der Waals surface area contributed by atoms with Gasteiger partial charge in [-0.05, 0) is 61.7 Å². The lowest BCUT2D eigenvalue weighted by molar-refractivity contribution is -0.122. The minimum atomic E-state index is -0.731. The van der Waals surface area contributed by atoms with Crippen molar-refractivity contribution in [1.29, 1.82) is 0 Å². The molecule has 2 heterocycles. The number of hydrogen-bond acceptors (Lipinski definition) is 5. The number of anilines is 2. The van der Waals surface area contributed by atoms with Crippen LogP contribution in [0.4, 0.5) is 11.4 Å². The number of hydrogen-bond donors (Lipinski definition) is 0. The normalized spacial score (nSPS) is 16.5. The van der Waals surface area contributed by atoms with Gasteiger partial charge >= 0.3 is 5.97 Å². The lowest BCUT2D eigenvalue weighted by Crippen LogP contribution is -2.38. The van der Waals surface area contributed by atoms with Crippen LogP contribution in [0.2, 0.25) is 0 Å². The molecule has 3 aromatic carbocycles. The molecular formula is C27H22N2O5. The second-order valence-corrected chi connectivity index (χ2v) is 8.51. The van der Waals surface area contributed by atoms with E-state index in [9.17, 15) is 19.2 Å². The van der Waals surface area contributed by atoms with Crippen molar-refractivity contribution in [3.05, 3.63) is 94.5 Å². The number of imide groups is 1. The molecule has 1 unspecified atom stereocenters. The molecule has 170 valence electrons. The van der Waals surface area contributed by atoms with Gasteiger partial charge in [0, 0.05) is 11.7 Å². The van der Waals surface area contributed by atoms with Gasteiger partial charge in [0.2, 0.25) is 0 Å². The van der Waals surface area contributed by atoms with E-state index < -0.39 is 24.4 Å². The Morgan fingerprint density at radius 2 is 1.59 bits per heavy atom. The zero-order chi connectivity index (χ0) is 24.0. The van der Waals surface area contributed by atoms with E-state index in [-0.39, 0.29) is 28.6 Å². The van der Waals surface area contributed by atoms with Gasteiger partial charge in [0.05, 0.1) is 22.4 Å². The molecule has 5 rings (SSSR count). The van der Waals surface area contributed by atoms with E-state index in [0.29, 0.717) is 5.69 Å². The van der Waals surface area contributed by atoms with E-state index in [2.05, 4.69) is 0 Å². The number of ether oxygens (including phenoxy) is 1. The van der Waals surface area contributed by atoms with Gasteiger partial charge in [-0.25, -0.2) is 9.69 Å². The first-order valence-corrected chi connectivity index (χ1v) is 11.0. The second kappa shape index (κ2) is 8.26. The number of rotatable bonds is 4. The quantitative estimate of drug-likeness (QED) is 0.441. The zero-order valence-corrected chi connectivity index (χ0v) is 18.8.